The molecule has 0 heterocycles. The lowest BCUT2D eigenvalue weighted by Crippen LogP contribution is -2.44. The van der Waals surface area contributed by atoms with E-state index < -0.39 is 29.6 Å². The van der Waals surface area contributed by atoms with Gasteiger partial charge < -0.3 is 10.4 Å². The molecule has 1 unspecified atom stereocenters. The molecule has 1 aromatic rings. The molecule has 1 aliphatic rings. The summed E-state index contributed by atoms with van der Waals surface area (Å²) in [7, 11) is 0. The number of nitrogens with one attached hydrogen (secondary N) is 1. The van der Waals surface area contributed by atoms with Crippen LogP contribution in [-0.4, -0.2) is 40.5 Å². The molecule has 21 heavy (non-hydrogen) atoms. The van der Waals surface area contributed by atoms with E-state index in [2.05, 4.69) is 5.32 Å². The van der Waals surface area contributed by atoms with E-state index in [0.29, 0.717) is 0 Å². The first-order valence-electron chi connectivity index (χ1n) is 6.62. The van der Waals surface area contributed by atoms with Gasteiger partial charge in [0.05, 0.1) is 12.2 Å². The third-order valence-corrected chi connectivity index (χ3v) is 3.40. The van der Waals surface area contributed by atoms with Gasteiger partial charge in [-0.2, -0.15) is 0 Å². The van der Waals surface area contributed by atoms with Crippen molar-refractivity contribution in [1.29, 1.82) is 0 Å². The van der Waals surface area contributed by atoms with Gasteiger partial charge in [0.15, 0.2) is 0 Å². The molecule has 114 valence electrons. The number of nitrogens with zero attached hydrogens (tertiary/aromatic N) is 1. The number of amides is 1. The number of carboxylic acid groups (broad SMARTS) is 1. The Morgan fingerprint density at radius 1 is 1.43 bits per heavy atom. The quantitative estimate of drug-likeness (QED) is 0.841. The number of benzene rings is 1. The van der Waals surface area contributed by atoms with Crippen molar-refractivity contribution in [2.45, 2.75) is 31.8 Å². The van der Waals surface area contributed by atoms with Gasteiger partial charge in [-0.15, -0.1) is 0 Å². The van der Waals surface area contributed by atoms with Crippen LogP contribution in [0.5, 0.6) is 0 Å². The molecule has 0 aromatic heterocycles. The highest BCUT2D eigenvalue weighted by molar-refractivity contribution is 5.92. The lowest BCUT2D eigenvalue weighted by atomic mass is 10.2. The average molecular weight is 298 g/mol. The Morgan fingerprint density at radius 3 is 2.67 bits per heavy atom. The van der Waals surface area contributed by atoms with Gasteiger partial charge in [0.1, 0.15) is 17.7 Å². The van der Waals surface area contributed by atoms with Gasteiger partial charge in [-0.05, 0) is 31.9 Å². The normalized spacial score (nSPS) is 15.8. The summed E-state index contributed by atoms with van der Waals surface area (Å²) in [5.74, 6) is -3.00. The number of carbonyl (C=O) groups excluding carboxylic acids is 1. The summed E-state index contributed by atoms with van der Waals surface area (Å²) in [6.45, 7) is 1.32. The smallest absolute Gasteiger partial charge is 0.320 e. The van der Waals surface area contributed by atoms with Crippen LogP contribution in [0, 0.1) is 11.6 Å². The van der Waals surface area contributed by atoms with E-state index in [1.54, 1.807) is 4.90 Å². The maximum absolute atomic E-state index is 13.4. The molecule has 5 nitrogen and oxygen atoms in total. The molecular weight excluding hydrogens is 282 g/mol. The zero-order valence-corrected chi connectivity index (χ0v) is 11.5. The van der Waals surface area contributed by atoms with Crippen LogP contribution in [0.2, 0.25) is 0 Å². The van der Waals surface area contributed by atoms with Gasteiger partial charge in [0.2, 0.25) is 5.91 Å². The van der Waals surface area contributed by atoms with Crippen molar-refractivity contribution < 1.29 is 23.5 Å². The van der Waals surface area contributed by atoms with Gasteiger partial charge >= 0.3 is 5.97 Å². The van der Waals surface area contributed by atoms with E-state index >= 15 is 0 Å². The molecule has 1 amide bonds. The van der Waals surface area contributed by atoms with Crippen molar-refractivity contribution in [1.82, 2.24) is 4.90 Å². The summed E-state index contributed by atoms with van der Waals surface area (Å²) in [5.41, 5.74) is -0.251. The molecule has 0 spiro atoms. The number of halogens is 2. The number of carbonyl (C=O) groups is 2. The SMILES string of the molecule is CC(C(=O)O)N(CC(=O)Nc1cc(F)ccc1F)C1CC1. The number of aliphatic carboxylic acids is 1. The maximum Gasteiger partial charge on any atom is 0.320 e. The first kappa shape index (κ1) is 15.4. The second kappa shape index (κ2) is 6.17. The second-order valence-corrected chi connectivity index (χ2v) is 5.09. The number of rotatable bonds is 6. The van der Waals surface area contributed by atoms with E-state index in [-0.39, 0.29) is 18.3 Å². The van der Waals surface area contributed by atoms with Gasteiger partial charge in [-0.25, -0.2) is 8.78 Å². The van der Waals surface area contributed by atoms with Crippen molar-refractivity contribution in [2.75, 3.05) is 11.9 Å². The van der Waals surface area contributed by atoms with Crippen LogP contribution in [0.15, 0.2) is 18.2 Å². The molecule has 1 saturated carbocycles. The summed E-state index contributed by atoms with van der Waals surface area (Å²) < 4.78 is 26.5. The molecule has 2 N–H and O–H groups in total. The molecule has 1 atom stereocenters. The highest BCUT2D eigenvalue weighted by atomic mass is 19.1. The first-order chi connectivity index (χ1) is 9.88. The van der Waals surface area contributed by atoms with Crippen LogP contribution in [0.1, 0.15) is 19.8 Å². The van der Waals surface area contributed by atoms with Crippen molar-refractivity contribution >= 4 is 17.6 Å². The van der Waals surface area contributed by atoms with Gasteiger partial charge in [0.25, 0.3) is 0 Å². The zero-order chi connectivity index (χ0) is 15.6. The summed E-state index contributed by atoms with van der Waals surface area (Å²) in [6, 6.07) is 2.01. The van der Waals surface area contributed by atoms with Crippen molar-refractivity contribution in [3.8, 4) is 0 Å². The van der Waals surface area contributed by atoms with Crippen LogP contribution in [0.25, 0.3) is 0 Å². The van der Waals surface area contributed by atoms with E-state index in [0.717, 1.165) is 31.0 Å². The van der Waals surface area contributed by atoms with Crippen LogP contribution in [0.4, 0.5) is 14.5 Å². The minimum atomic E-state index is -1.02. The highest BCUT2D eigenvalue weighted by Gasteiger charge is 2.36. The Labute approximate surface area is 120 Å². The summed E-state index contributed by atoms with van der Waals surface area (Å²) in [5, 5.41) is 11.3. The summed E-state index contributed by atoms with van der Waals surface area (Å²) in [4.78, 5) is 24.5. The standard InChI is InChI=1S/C14H16F2N2O3/c1-8(14(20)21)18(10-3-4-10)7-13(19)17-12-6-9(15)2-5-11(12)16/h2,5-6,8,10H,3-4,7H2,1H3,(H,17,19)(H,20,21). The molecule has 1 fully saturated rings. The van der Waals surface area contributed by atoms with Crippen molar-refractivity contribution in [3.05, 3.63) is 29.8 Å². The van der Waals surface area contributed by atoms with Crippen molar-refractivity contribution in [3.63, 3.8) is 0 Å². The molecule has 0 bridgehead atoms. The summed E-state index contributed by atoms with van der Waals surface area (Å²) >= 11 is 0. The molecule has 1 aromatic carbocycles. The molecule has 1 aliphatic carbocycles. The monoisotopic (exact) mass is 298 g/mol. The third kappa shape index (κ3) is 3.98. The average Bonchev–Trinajstić information content (AvgIpc) is 3.23. The molecule has 2 rings (SSSR count). The Kier molecular flexibility index (Phi) is 4.52. The van der Waals surface area contributed by atoms with Crippen molar-refractivity contribution in [2.24, 2.45) is 0 Å². The topological polar surface area (TPSA) is 69.6 Å². The van der Waals surface area contributed by atoms with Crippen LogP contribution >= 0.6 is 0 Å². The number of carboxylic acids is 1. The maximum atomic E-state index is 13.4. The Balaban J connectivity index is 2.02. The van der Waals surface area contributed by atoms with Gasteiger partial charge in [-0.1, -0.05) is 0 Å². The minimum absolute atomic E-state index is 0.0548. The number of hydrogen-bond donors (Lipinski definition) is 2. The first-order valence-corrected chi connectivity index (χ1v) is 6.62. The molecule has 0 aliphatic heterocycles. The molecule has 0 radical (unpaired) electrons. The lowest BCUT2D eigenvalue weighted by Gasteiger charge is -2.25. The van der Waals surface area contributed by atoms with E-state index in [1.165, 1.54) is 6.92 Å². The predicted molar refractivity (Wildman–Crippen MR) is 71.8 cm³/mol. The Hall–Kier alpha value is -2.02. The predicted octanol–water partition coefficient (Wildman–Crippen LogP) is 1.84. The van der Waals surface area contributed by atoms with Crippen LogP contribution in [0.3, 0.4) is 0 Å². The zero-order valence-electron chi connectivity index (χ0n) is 11.5. The lowest BCUT2D eigenvalue weighted by molar-refractivity contribution is -0.143. The second-order valence-electron chi connectivity index (χ2n) is 5.09. The molecule has 7 heteroatoms. The fourth-order valence-corrected chi connectivity index (χ4v) is 2.08. The van der Waals surface area contributed by atoms with E-state index in [4.69, 9.17) is 5.11 Å². The third-order valence-electron chi connectivity index (χ3n) is 3.40. The number of hydrogen-bond acceptors (Lipinski definition) is 3. The molecule has 0 saturated heterocycles. The largest absolute Gasteiger partial charge is 0.480 e. The highest BCUT2D eigenvalue weighted by Crippen LogP contribution is 2.28. The Bertz CT molecular complexity index is 561. The van der Waals surface area contributed by atoms with E-state index in [1.807, 2.05) is 0 Å². The number of anilines is 1. The van der Waals surface area contributed by atoms with Gasteiger partial charge in [-0.3, -0.25) is 14.5 Å². The summed E-state index contributed by atoms with van der Waals surface area (Å²) in [6.07, 6.45) is 1.67. The fraction of sp³-hybridized carbons (Fsp3) is 0.429. The van der Waals surface area contributed by atoms with Crippen LogP contribution < -0.4 is 5.32 Å². The van der Waals surface area contributed by atoms with E-state index in [9.17, 15) is 18.4 Å². The Morgan fingerprint density at radius 2 is 2.10 bits per heavy atom. The molecular formula is C14H16F2N2O3. The van der Waals surface area contributed by atoms with Gasteiger partial charge in [0, 0.05) is 12.1 Å². The van der Waals surface area contributed by atoms with Crippen LogP contribution in [-0.2, 0) is 9.59 Å². The fourth-order valence-electron chi connectivity index (χ4n) is 2.08. The minimum Gasteiger partial charge on any atom is -0.480 e.